The first-order chi connectivity index (χ1) is 15.1. The normalized spacial score (nSPS) is 29.8. The predicted octanol–water partition coefficient (Wildman–Crippen LogP) is 6.76. The third-order valence-corrected chi connectivity index (χ3v) is 8.13. The zero-order chi connectivity index (χ0) is 21.9. The van der Waals surface area contributed by atoms with Crippen molar-refractivity contribution in [2.75, 3.05) is 6.61 Å². The maximum atomic E-state index is 12.5. The molecule has 4 nitrogen and oxygen atoms in total. The molecule has 3 aliphatic carbocycles. The molecule has 4 heteroatoms. The molecule has 176 valence electrons. The Kier molecular flexibility index (Phi) is 10.4. The van der Waals surface area contributed by atoms with Crippen LogP contribution in [0.1, 0.15) is 109 Å². The number of carbonyl (C=O) groups excluding carboxylic acids is 2. The molecular formula is C27H44O4. The van der Waals surface area contributed by atoms with Crippen LogP contribution in [0.4, 0.5) is 0 Å². The molecule has 0 saturated heterocycles. The topological polar surface area (TPSA) is 52.6 Å². The molecule has 0 bridgehead atoms. The zero-order valence-electron chi connectivity index (χ0n) is 19.5. The summed E-state index contributed by atoms with van der Waals surface area (Å²) >= 11 is 0. The molecule has 0 aliphatic heterocycles. The molecule has 0 amide bonds. The van der Waals surface area contributed by atoms with Crippen molar-refractivity contribution >= 4 is 11.9 Å². The number of esters is 2. The Labute approximate surface area is 189 Å². The Morgan fingerprint density at radius 3 is 1.87 bits per heavy atom. The molecule has 0 spiro atoms. The fourth-order valence-corrected chi connectivity index (χ4v) is 6.01. The van der Waals surface area contributed by atoms with E-state index in [1.807, 2.05) is 0 Å². The van der Waals surface area contributed by atoms with Crippen LogP contribution in [-0.2, 0) is 19.1 Å². The number of ether oxygens (including phenoxy) is 2. The maximum Gasteiger partial charge on any atom is 0.330 e. The van der Waals surface area contributed by atoms with Crippen molar-refractivity contribution in [2.45, 2.75) is 115 Å². The third kappa shape index (κ3) is 8.61. The Morgan fingerprint density at radius 1 is 0.742 bits per heavy atom. The standard InChI is InChI=1S/C27H44O4/c1-2-26(28)30-20-6-7-21-10-12-22(13-11-21)14-15-23-16-18-24(19-17-23)27(29)31-25-8-4-3-5-9-25/h2,21-25H,1,3-20H2. The fraction of sp³-hybridized carbons (Fsp3) is 0.852. The van der Waals surface area contributed by atoms with Crippen LogP contribution in [0.2, 0.25) is 0 Å². The molecule has 31 heavy (non-hydrogen) atoms. The van der Waals surface area contributed by atoms with Crippen molar-refractivity contribution in [2.24, 2.45) is 23.7 Å². The van der Waals surface area contributed by atoms with Gasteiger partial charge in [-0.2, -0.15) is 0 Å². The Hall–Kier alpha value is -1.32. The Morgan fingerprint density at radius 2 is 1.29 bits per heavy atom. The van der Waals surface area contributed by atoms with Crippen LogP contribution in [0.3, 0.4) is 0 Å². The third-order valence-electron chi connectivity index (χ3n) is 8.13. The molecular weight excluding hydrogens is 388 g/mol. The van der Waals surface area contributed by atoms with Gasteiger partial charge in [0.15, 0.2) is 0 Å². The Bertz CT molecular complexity index is 550. The highest BCUT2D eigenvalue weighted by Gasteiger charge is 2.30. The largest absolute Gasteiger partial charge is 0.463 e. The quantitative estimate of drug-likeness (QED) is 0.217. The molecule has 0 aromatic rings. The molecule has 0 unspecified atom stereocenters. The minimum atomic E-state index is -0.307. The van der Waals surface area contributed by atoms with E-state index in [2.05, 4.69) is 6.58 Å². The molecule has 3 fully saturated rings. The van der Waals surface area contributed by atoms with E-state index in [0.29, 0.717) is 6.61 Å². The highest BCUT2D eigenvalue weighted by molar-refractivity contribution is 5.81. The smallest absolute Gasteiger partial charge is 0.330 e. The average Bonchev–Trinajstić information content (AvgIpc) is 2.82. The summed E-state index contributed by atoms with van der Waals surface area (Å²) in [5, 5.41) is 0. The van der Waals surface area contributed by atoms with Crippen LogP contribution in [0.15, 0.2) is 12.7 Å². The van der Waals surface area contributed by atoms with Gasteiger partial charge in [0.05, 0.1) is 12.5 Å². The van der Waals surface area contributed by atoms with Crippen LogP contribution in [0.5, 0.6) is 0 Å². The van der Waals surface area contributed by atoms with Crippen molar-refractivity contribution in [3.05, 3.63) is 12.7 Å². The van der Waals surface area contributed by atoms with Crippen LogP contribution < -0.4 is 0 Å². The summed E-state index contributed by atoms with van der Waals surface area (Å²) in [5.41, 5.74) is 0. The van der Waals surface area contributed by atoms with Gasteiger partial charge in [-0.25, -0.2) is 4.79 Å². The van der Waals surface area contributed by atoms with Crippen LogP contribution in [0, 0.1) is 23.7 Å². The van der Waals surface area contributed by atoms with Crippen LogP contribution >= 0.6 is 0 Å². The van der Waals surface area contributed by atoms with Crippen molar-refractivity contribution in [3.63, 3.8) is 0 Å². The lowest BCUT2D eigenvalue weighted by Crippen LogP contribution is -2.29. The first-order valence-electron chi connectivity index (χ1n) is 13.1. The SMILES string of the molecule is C=CC(=O)OCCCC1CCC(CCC2CCC(C(=O)OC3CCCCC3)CC2)CC1. The fourth-order valence-electron chi connectivity index (χ4n) is 6.01. The lowest BCUT2D eigenvalue weighted by atomic mass is 9.75. The van der Waals surface area contributed by atoms with Gasteiger partial charge >= 0.3 is 11.9 Å². The summed E-state index contributed by atoms with van der Waals surface area (Å²) in [6.07, 6.45) is 22.1. The van der Waals surface area contributed by atoms with Crippen molar-refractivity contribution in [1.29, 1.82) is 0 Å². The number of rotatable bonds is 10. The molecule has 0 heterocycles. The zero-order valence-corrected chi connectivity index (χ0v) is 19.5. The average molecular weight is 433 g/mol. The summed E-state index contributed by atoms with van der Waals surface area (Å²) in [7, 11) is 0. The first-order valence-corrected chi connectivity index (χ1v) is 13.1. The van der Waals surface area contributed by atoms with E-state index >= 15 is 0 Å². The molecule has 3 aliphatic rings. The van der Waals surface area contributed by atoms with E-state index in [4.69, 9.17) is 9.47 Å². The minimum Gasteiger partial charge on any atom is -0.463 e. The summed E-state index contributed by atoms with van der Waals surface area (Å²) in [5.74, 6) is 2.48. The van der Waals surface area contributed by atoms with Gasteiger partial charge in [-0.05, 0) is 82.0 Å². The lowest BCUT2D eigenvalue weighted by molar-refractivity contribution is -0.157. The van der Waals surface area contributed by atoms with Crippen LogP contribution in [-0.4, -0.2) is 24.6 Å². The second-order valence-corrected chi connectivity index (χ2v) is 10.4. The summed E-state index contributed by atoms with van der Waals surface area (Å²) < 4.78 is 10.9. The summed E-state index contributed by atoms with van der Waals surface area (Å²) in [4.78, 5) is 23.6. The molecule has 0 atom stereocenters. The van der Waals surface area contributed by atoms with E-state index in [1.54, 1.807) is 0 Å². The molecule has 0 aromatic heterocycles. The first kappa shape index (κ1) is 24.3. The highest BCUT2D eigenvalue weighted by atomic mass is 16.5. The second-order valence-electron chi connectivity index (χ2n) is 10.4. The van der Waals surface area contributed by atoms with Gasteiger partial charge in [-0.3, -0.25) is 4.79 Å². The predicted molar refractivity (Wildman–Crippen MR) is 123 cm³/mol. The van der Waals surface area contributed by atoms with Crippen molar-refractivity contribution < 1.29 is 19.1 Å². The van der Waals surface area contributed by atoms with Gasteiger partial charge < -0.3 is 9.47 Å². The molecule has 3 rings (SSSR count). The number of hydrogen-bond donors (Lipinski definition) is 0. The van der Waals surface area contributed by atoms with Gasteiger partial charge in [-0.1, -0.05) is 51.5 Å². The monoisotopic (exact) mass is 432 g/mol. The molecule has 3 saturated carbocycles. The van der Waals surface area contributed by atoms with Gasteiger partial charge in [0.2, 0.25) is 0 Å². The van der Waals surface area contributed by atoms with E-state index in [9.17, 15) is 9.59 Å². The second kappa shape index (κ2) is 13.3. The number of hydrogen-bond acceptors (Lipinski definition) is 4. The summed E-state index contributed by atoms with van der Waals surface area (Å²) in [6.45, 7) is 3.96. The molecule has 0 radical (unpaired) electrons. The maximum absolute atomic E-state index is 12.5. The summed E-state index contributed by atoms with van der Waals surface area (Å²) in [6, 6.07) is 0. The molecule has 0 N–H and O–H groups in total. The van der Waals surface area contributed by atoms with Gasteiger partial charge in [0.1, 0.15) is 6.10 Å². The van der Waals surface area contributed by atoms with Gasteiger partial charge in [-0.15, -0.1) is 0 Å². The van der Waals surface area contributed by atoms with E-state index < -0.39 is 0 Å². The van der Waals surface area contributed by atoms with E-state index in [-0.39, 0.29) is 24.0 Å². The van der Waals surface area contributed by atoms with Crippen molar-refractivity contribution in [1.82, 2.24) is 0 Å². The minimum absolute atomic E-state index is 0.0999. The molecule has 0 aromatic carbocycles. The van der Waals surface area contributed by atoms with Crippen LogP contribution in [0.25, 0.3) is 0 Å². The van der Waals surface area contributed by atoms with Gasteiger partial charge in [0.25, 0.3) is 0 Å². The Balaban J connectivity index is 1.22. The lowest BCUT2D eigenvalue weighted by Gasteiger charge is -2.32. The van der Waals surface area contributed by atoms with E-state index in [1.165, 1.54) is 83.1 Å². The number of carbonyl (C=O) groups is 2. The highest BCUT2D eigenvalue weighted by Crippen LogP contribution is 2.38. The van der Waals surface area contributed by atoms with Gasteiger partial charge in [0, 0.05) is 6.08 Å². The van der Waals surface area contributed by atoms with E-state index in [0.717, 1.165) is 49.9 Å². The van der Waals surface area contributed by atoms with Crippen molar-refractivity contribution in [3.8, 4) is 0 Å².